The first kappa shape index (κ1) is 9.77. The third kappa shape index (κ3) is 1.88. The van der Waals surface area contributed by atoms with Gasteiger partial charge in [0.25, 0.3) is 0 Å². The molecule has 1 saturated carbocycles. The molecule has 0 unspecified atom stereocenters. The first-order chi connectivity index (χ1) is 4.19. The largest absolute Gasteiger partial charge is 0.313 e. The van der Waals surface area contributed by atoms with Crippen molar-refractivity contribution in [2.75, 3.05) is 13.6 Å². The lowest BCUT2D eigenvalue weighted by atomic mass is 10.4. The standard InChI is InChI=1S/C7H12N2.ClH/c1-3-6-9(2)7(8)4-5-7;/h1H,4-6,8H2,2H3;1H. The molecule has 0 aromatic rings. The Hall–Kier alpha value is -0.230. The Bertz CT molecular complexity index is 146. The highest BCUT2D eigenvalue weighted by molar-refractivity contribution is 5.85. The summed E-state index contributed by atoms with van der Waals surface area (Å²) < 4.78 is 0. The third-order valence-corrected chi connectivity index (χ3v) is 1.85. The Labute approximate surface area is 68.2 Å². The van der Waals surface area contributed by atoms with Gasteiger partial charge in [-0.15, -0.1) is 18.8 Å². The zero-order chi connectivity index (χ0) is 6.91. The average molecular weight is 161 g/mol. The fourth-order valence-corrected chi connectivity index (χ4v) is 0.804. The number of rotatable bonds is 2. The highest BCUT2D eigenvalue weighted by Gasteiger charge is 2.41. The lowest BCUT2D eigenvalue weighted by Crippen LogP contribution is -2.41. The van der Waals surface area contributed by atoms with E-state index in [9.17, 15) is 0 Å². The van der Waals surface area contributed by atoms with Gasteiger partial charge in [-0.1, -0.05) is 5.92 Å². The molecular weight excluding hydrogens is 148 g/mol. The summed E-state index contributed by atoms with van der Waals surface area (Å²) in [6.07, 6.45) is 7.28. The van der Waals surface area contributed by atoms with Gasteiger partial charge in [0, 0.05) is 0 Å². The molecule has 1 fully saturated rings. The van der Waals surface area contributed by atoms with E-state index < -0.39 is 0 Å². The summed E-state index contributed by atoms with van der Waals surface area (Å²) in [6.45, 7) is 0.663. The minimum absolute atomic E-state index is 0. The summed E-state index contributed by atoms with van der Waals surface area (Å²) in [6, 6.07) is 0. The van der Waals surface area contributed by atoms with Gasteiger partial charge in [-0.2, -0.15) is 0 Å². The molecule has 1 rings (SSSR count). The maximum absolute atomic E-state index is 5.81. The molecular formula is C7H13ClN2. The normalized spacial score (nSPS) is 19.4. The molecule has 1 aliphatic rings. The molecule has 0 aromatic heterocycles. The monoisotopic (exact) mass is 160 g/mol. The predicted octanol–water partition coefficient (Wildman–Crippen LogP) is 0.422. The highest BCUT2D eigenvalue weighted by atomic mass is 35.5. The van der Waals surface area contributed by atoms with Crippen molar-refractivity contribution in [1.82, 2.24) is 4.90 Å². The van der Waals surface area contributed by atoms with Crippen LogP contribution in [0.4, 0.5) is 0 Å². The molecule has 0 bridgehead atoms. The second-order valence-corrected chi connectivity index (χ2v) is 2.66. The topological polar surface area (TPSA) is 29.3 Å². The van der Waals surface area contributed by atoms with Gasteiger partial charge in [0.1, 0.15) is 0 Å². The molecule has 0 aliphatic heterocycles. The van der Waals surface area contributed by atoms with Gasteiger partial charge in [-0.25, -0.2) is 0 Å². The van der Waals surface area contributed by atoms with Crippen molar-refractivity contribution in [3.8, 4) is 12.3 Å². The van der Waals surface area contributed by atoms with Crippen LogP contribution in [0.2, 0.25) is 0 Å². The second kappa shape index (κ2) is 3.25. The first-order valence-electron chi connectivity index (χ1n) is 3.13. The minimum atomic E-state index is -0.0492. The van der Waals surface area contributed by atoms with Gasteiger partial charge >= 0.3 is 0 Å². The summed E-state index contributed by atoms with van der Waals surface area (Å²) in [4.78, 5) is 2.02. The van der Waals surface area contributed by atoms with E-state index in [1.54, 1.807) is 0 Å². The van der Waals surface area contributed by atoms with E-state index in [0.29, 0.717) is 6.54 Å². The fraction of sp³-hybridized carbons (Fsp3) is 0.714. The molecule has 0 spiro atoms. The van der Waals surface area contributed by atoms with Crippen molar-refractivity contribution in [1.29, 1.82) is 0 Å². The van der Waals surface area contributed by atoms with Crippen molar-refractivity contribution in [3.05, 3.63) is 0 Å². The number of halogens is 1. The number of hydrogen-bond acceptors (Lipinski definition) is 2. The van der Waals surface area contributed by atoms with Gasteiger partial charge in [0.05, 0.1) is 12.2 Å². The lowest BCUT2D eigenvalue weighted by Gasteiger charge is -2.20. The Balaban J connectivity index is 0.000000810. The number of hydrogen-bond donors (Lipinski definition) is 1. The van der Waals surface area contributed by atoms with Crippen molar-refractivity contribution in [2.45, 2.75) is 18.5 Å². The Morgan fingerprint density at radius 3 is 2.50 bits per heavy atom. The minimum Gasteiger partial charge on any atom is -0.313 e. The zero-order valence-electron chi connectivity index (χ0n) is 6.13. The van der Waals surface area contributed by atoms with E-state index in [-0.39, 0.29) is 18.1 Å². The molecule has 2 N–H and O–H groups in total. The molecule has 3 heteroatoms. The van der Waals surface area contributed by atoms with Crippen LogP contribution in [0.3, 0.4) is 0 Å². The van der Waals surface area contributed by atoms with E-state index in [4.69, 9.17) is 12.2 Å². The number of nitrogens with two attached hydrogens (primary N) is 1. The van der Waals surface area contributed by atoms with Gasteiger partial charge in [-0.3, -0.25) is 4.90 Å². The van der Waals surface area contributed by atoms with Crippen LogP contribution in [-0.4, -0.2) is 24.2 Å². The van der Waals surface area contributed by atoms with Crippen molar-refractivity contribution in [2.24, 2.45) is 5.73 Å². The summed E-state index contributed by atoms with van der Waals surface area (Å²) in [5.74, 6) is 2.56. The predicted molar refractivity (Wildman–Crippen MR) is 44.9 cm³/mol. The lowest BCUT2D eigenvalue weighted by molar-refractivity contribution is 0.255. The van der Waals surface area contributed by atoms with Gasteiger partial charge < -0.3 is 5.73 Å². The summed E-state index contributed by atoms with van der Waals surface area (Å²) in [5, 5.41) is 0. The molecule has 58 valence electrons. The van der Waals surface area contributed by atoms with Gasteiger partial charge in [0.15, 0.2) is 0 Å². The van der Waals surface area contributed by atoms with E-state index >= 15 is 0 Å². The van der Waals surface area contributed by atoms with Crippen LogP contribution >= 0.6 is 12.4 Å². The maximum atomic E-state index is 5.81. The van der Waals surface area contributed by atoms with Crippen LogP contribution in [-0.2, 0) is 0 Å². The van der Waals surface area contributed by atoms with Crippen LogP contribution < -0.4 is 5.73 Å². The molecule has 10 heavy (non-hydrogen) atoms. The zero-order valence-corrected chi connectivity index (χ0v) is 6.95. The van der Waals surface area contributed by atoms with Crippen LogP contribution in [0.15, 0.2) is 0 Å². The highest BCUT2D eigenvalue weighted by Crippen LogP contribution is 2.34. The molecule has 0 aromatic carbocycles. The first-order valence-corrected chi connectivity index (χ1v) is 3.13. The smallest absolute Gasteiger partial charge is 0.0694 e. The van der Waals surface area contributed by atoms with E-state index in [1.165, 1.54) is 0 Å². The summed E-state index contributed by atoms with van der Waals surface area (Å²) >= 11 is 0. The molecule has 0 amide bonds. The van der Waals surface area contributed by atoms with Crippen LogP contribution in [0.1, 0.15) is 12.8 Å². The molecule has 1 aliphatic carbocycles. The Kier molecular flexibility index (Phi) is 3.17. The summed E-state index contributed by atoms with van der Waals surface area (Å²) in [5.41, 5.74) is 5.76. The van der Waals surface area contributed by atoms with Crippen molar-refractivity contribution < 1.29 is 0 Å². The van der Waals surface area contributed by atoms with E-state index in [2.05, 4.69) is 5.92 Å². The Morgan fingerprint density at radius 2 is 2.20 bits per heavy atom. The van der Waals surface area contributed by atoms with Crippen molar-refractivity contribution >= 4 is 12.4 Å². The van der Waals surface area contributed by atoms with Gasteiger partial charge in [-0.05, 0) is 19.9 Å². The quantitative estimate of drug-likeness (QED) is 0.469. The van der Waals surface area contributed by atoms with E-state index in [0.717, 1.165) is 12.8 Å². The van der Waals surface area contributed by atoms with Crippen LogP contribution in [0.5, 0.6) is 0 Å². The second-order valence-electron chi connectivity index (χ2n) is 2.66. The molecule has 0 saturated heterocycles. The van der Waals surface area contributed by atoms with Crippen molar-refractivity contribution in [3.63, 3.8) is 0 Å². The molecule has 0 radical (unpaired) electrons. The SMILES string of the molecule is C#CCN(C)C1(N)CC1.Cl. The van der Waals surface area contributed by atoms with E-state index in [1.807, 2.05) is 11.9 Å². The van der Waals surface area contributed by atoms with Crippen LogP contribution in [0.25, 0.3) is 0 Å². The fourth-order valence-electron chi connectivity index (χ4n) is 0.804. The molecule has 2 nitrogen and oxygen atoms in total. The Morgan fingerprint density at radius 1 is 1.70 bits per heavy atom. The average Bonchev–Trinajstić information content (AvgIpc) is 2.50. The van der Waals surface area contributed by atoms with Gasteiger partial charge in [0.2, 0.25) is 0 Å². The van der Waals surface area contributed by atoms with Crippen LogP contribution in [0, 0.1) is 12.3 Å². The molecule has 0 heterocycles. The maximum Gasteiger partial charge on any atom is 0.0694 e. The summed E-state index contributed by atoms with van der Waals surface area (Å²) in [7, 11) is 1.97. The third-order valence-electron chi connectivity index (χ3n) is 1.85. The number of terminal acetylenes is 1. The molecule has 0 atom stereocenters. The number of nitrogens with zero attached hydrogens (tertiary/aromatic N) is 1.